The molecule has 0 spiro atoms. The Kier molecular flexibility index (Phi) is 3.87. The molecule has 18 heavy (non-hydrogen) atoms. The van der Waals surface area contributed by atoms with Crippen molar-refractivity contribution in [1.82, 2.24) is 0 Å². The molecule has 1 fully saturated rings. The Hall–Kier alpha value is -1.55. The van der Waals surface area contributed by atoms with Gasteiger partial charge in [0.25, 0.3) is 0 Å². The van der Waals surface area contributed by atoms with E-state index in [1.165, 1.54) is 0 Å². The van der Waals surface area contributed by atoms with Crippen molar-refractivity contribution in [3.05, 3.63) is 29.3 Å². The van der Waals surface area contributed by atoms with Crippen LogP contribution in [0.5, 0.6) is 5.75 Å². The number of aryl methyl sites for hydroxylation is 2. The molecule has 1 aliphatic heterocycles. The number of para-hydroxylation sites is 1. The first-order valence-corrected chi connectivity index (χ1v) is 6.15. The van der Waals surface area contributed by atoms with Crippen LogP contribution in [0.2, 0.25) is 0 Å². The van der Waals surface area contributed by atoms with E-state index in [1.54, 1.807) is 0 Å². The number of carbonyl (C=O) groups is 1. The van der Waals surface area contributed by atoms with Crippen molar-refractivity contribution in [1.29, 1.82) is 0 Å². The zero-order valence-corrected chi connectivity index (χ0v) is 10.7. The lowest BCUT2D eigenvalue weighted by molar-refractivity contribution is -0.149. The minimum Gasteiger partial charge on any atom is -0.490 e. The number of rotatable bonds is 4. The Morgan fingerprint density at radius 1 is 1.39 bits per heavy atom. The summed E-state index contributed by atoms with van der Waals surface area (Å²) in [6.07, 6.45) is 0.513. The van der Waals surface area contributed by atoms with Crippen LogP contribution in [0.25, 0.3) is 0 Å². The molecule has 0 saturated carbocycles. The van der Waals surface area contributed by atoms with Crippen molar-refractivity contribution in [3.63, 3.8) is 0 Å². The third-order valence-electron chi connectivity index (χ3n) is 3.21. The first kappa shape index (κ1) is 12.9. The Bertz CT molecular complexity index is 421. The second-order valence-corrected chi connectivity index (χ2v) is 4.69. The summed E-state index contributed by atoms with van der Waals surface area (Å²) in [5, 5.41) is 8.84. The minimum absolute atomic E-state index is 0.120. The van der Waals surface area contributed by atoms with Gasteiger partial charge in [0.15, 0.2) is 6.10 Å². The Balaban J connectivity index is 1.91. The maximum Gasteiger partial charge on any atom is 0.332 e. The van der Waals surface area contributed by atoms with E-state index in [0.29, 0.717) is 13.0 Å². The number of hydrogen-bond acceptors (Lipinski definition) is 3. The lowest BCUT2D eigenvalue weighted by Gasteiger charge is -2.15. The predicted molar refractivity (Wildman–Crippen MR) is 66.9 cm³/mol. The van der Waals surface area contributed by atoms with Crippen LogP contribution in [-0.2, 0) is 9.53 Å². The zero-order valence-electron chi connectivity index (χ0n) is 10.7. The summed E-state index contributed by atoms with van der Waals surface area (Å²) in [7, 11) is 0. The lowest BCUT2D eigenvalue weighted by Crippen LogP contribution is -2.23. The fourth-order valence-electron chi connectivity index (χ4n) is 2.21. The second-order valence-electron chi connectivity index (χ2n) is 4.69. The number of benzene rings is 1. The molecule has 98 valence electrons. The van der Waals surface area contributed by atoms with E-state index in [2.05, 4.69) is 0 Å². The van der Waals surface area contributed by atoms with E-state index in [-0.39, 0.29) is 6.10 Å². The van der Waals surface area contributed by atoms with Gasteiger partial charge in [0.05, 0.1) is 6.10 Å². The van der Waals surface area contributed by atoms with Gasteiger partial charge in [-0.3, -0.25) is 0 Å². The van der Waals surface area contributed by atoms with Crippen LogP contribution >= 0.6 is 0 Å². The number of carboxylic acids is 1. The van der Waals surface area contributed by atoms with Gasteiger partial charge in [-0.05, 0) is 37.8 Å². The van der Waals surface area contributed by atoms with Crippen LogP contribution in [-0.4, -0.2) is 29.9 Å². The molecule has 1 N–H and O–H groups in total. The SMILES string of the molecule is Cc1cccc(C)c1OCC1CCC(C(=O)O)O1. The maximum absolute atomic E-state index is 10.8. The van der Waals surface area contributed by atoms with E-state index in [4.69, 9.17) is 14.6 Å². The van der Waals surface area contributed by atoms with E-state index >= 15 is 0 Å². The van der Waals surface area contributed by atoms with Gasteiger partial charge >= 0.3 is 5.97 Å². The largest absolute Gasteiger partial charge is 0.490 e. The maximum atomic E-state index is 10.8. The molecule has 1 saturated heterocycles. The monoisotopic (exact) mass is 250 g/mol. The molecule has 0 radical (unpaired) electrons. The summed E-state index contributed by atoms with van der Waals surface area (Å²) in [6, 6.07) is 5.99. The summed E-state index contributed by atoms with van der Waals surface area (Å²) in [5.74, 6) is -0.00977. The average Bonchev–Trinajstić information content (AvgIpc) is 2.77. The first-order valence-electron chi connectivity index (χ1n) is 6.15. The van der Waals surface area contributed by atoms with E-state index in [9.17, 15) is 4.79 Å². The third-order valence-corrected chi connectivity index (χ3v) is 3.21. The normalized spacial score (nSPS) is 23.0. The summed E-state index contributed by atoms with van der Waals surface area (Å²) < 4.78 is 11.2. The predicted octanol–water partition coefficient (Wildman–Crippen LogP) is 2.31. The highest BCUT2D eigenvalue weighted by Crippen LogP contribution is 2.25. The standard InChI is InChI=1S/C14H18O4/c1-9-4-3-5-10(2)13(9)17-8-11-6-7-12(18-11)14(15)16/h3-5,11-12H,6-8H2,1-2H3,(H,15,16). The molecule has 4 nitrogen and oxygen atoms in total. The first-order chi connectivity index (χ1) is 8.58. The van der Waals surface area contributed by atoms with Gasteiger partial charge in [0, 0.05) is 0 Å². The van der Waals surface area contributed by atoms with E-state index in [0.717, 1.165) is 23.3 Å². The van der Waals surface area contributed by atoms with Crippen LogP contribution in [0.3, 0.4) is 0 Å². The molecule has 0 aliphatic carbocycles. The molecule has 0 aromatic heterocycles. The Morgan fingerprint density at radius 2 is 2.06 bits per heavy atom. The molecule has 4 heteroatoms. The lowest BCUT2D eigenvalue weighted by atomic mass is 10.1. The average molecular weight is 250 g/mol. The Morgan fingerprint density at radius 3 is 2.61 bits per heavy atom. The van der Waals surface area contributed by atoms with E-state index < -0.39 is 12.1 Å². The molecule has 1 aliphatic rings. The van der Waals surface area contributed by atoms with Crippen molar-refractivity contribution in [2.75, 3.05) is 6.61 Å². The second kappa shape index (κ2) is 5.40. The quantitative estimate of drug-likeness (QED) is 0.891. The number of carboxylic acid groups (broad SMARTS) is 1. The molecule has 2 unspecified atom stereocenters. The highest BCUT2D eigenvalue weighted by atomic mass is 16.6. The van der Waals surface area contributed by atoms with Crippen molar-refractivity contribution in [2.45, 2.75) is 38.9 Å². The van der Waals surface area contributed by atoms with Crippen LogP contribution in [0.4, 0.5) is 0 Å². The molecular weight excluding hydrogens is 232 g/mol. The topological polar surface area (TPSA) is 55.8 Å². The smallest absolute Gasteiger partial charge is 0.332 e. The van der Waals surface area contributed by atoms with Gasteiger partial charge in [0.1, 0.15) is 12.4 Å². The van der Waals surface area contributed by atoms with Gasteiger partial charge in [-0.1, -0.05) is 18.2 Å². The van der Waals surface area contributed by atoms with Gasteiger partial charge in [0.2, 0.25) is 0 Å². The molecule has 0 bridgehead atoms. The van der Waals surface area contributed by atoms with Gasteiger partial charge in [-0.15, -0.1) is 0 Å². The van der Waals surface area contributed by atoms with Gasteiger partial charge < -0.3 is 14.6 Å². The molecule has 1 aromatic rings. The third kappa shape index (κ3) is 2.82. The minimum atomic E-state index is -0.885. The summed E-state index contributed by atoms with van der Waals surface area (Å²) >= 11 is 0. The summed E-state index contributed by atoms with van der Waals surface area (Å²) in [4.78, 5) is 10.8. The summed E-state index contributed by atoms with van der Waals surface area (Å²) in [5.41, 5.74) is 2.17. The van der Waals surface area contributed by atoms with Gasteiger partial charge in [-0.25, -0.2) is 4.79 Å². The number of hydrogen-bond donors (Lipinski definition) is 1. The molecular formula is C14H18O4. The number of ether oxygens (including phenoxy) is 2. The molecule has 0 amide bonds. The Labute approximate surface area is 107 Å². The van der Waals surface area contributed by atoms with E-state index in [1.807, 2.05) is 32.0 Å². The van der Waals surface area contributed by atoms with Crippen molar-refractivity contribution < 1.29 is 19.4 Å². The van der Waals surface area contributed by atoms with Crippen molar-refractivity contribution in [2.24, 2.45) is 0 Å². The van der Waals surface area contributed by atoms with Crippen LogP contribution in [0.1, 0.15) is 24.0 Å². The van der Waals surface area contributed by atoms with Crippen molar-refractivity contribution >= 4 is 5.97 Å². The molecule has 1 aromatic carbocycles. The van der Waals surface area contributed by atoms with Gasteiger partial charge in [-0.2, -0.15) is 0 Å². The fourth-order valence-corrected chi connectivity index (χ4v) is 2.21. The fraction of sp³-hybridized carbons (Fsp3) is 0.500. The number of aliphatic carboxylic acids is 1. The molecule has 2 atom stereocenters. The van der Waals surface area contributed by atoms with Crippen molar-refractivity contribution in [3.8, 4) is 5.75 Å². The van der Waals surface area contributed by atoms with Crippen LogP contribution in [0, 0.1) is 13.8 Å². The highest BCUT2D eigenvalue weighted by Gasteiger charge is 2.30. The zero-order chi connectivity index (χ0) is 13.1. The highest BCUT2D eigenvalue weighted by molar-refractivity contribution is 5.72. The molecule has 1 heterocycles. The van der Waals surface area contributed by atoms with Crippen LogP contribution < -0.4 is 4.74 Å². The molecule has 2 rings (SSSR count). The van der Waals surface area contributed by atoms with Crippen LogP contribution in [0.15, 0.2) is 18.2 Å². The summed E-state index contributed by atoms with van der Waals surface area (Å²) in [6.45, 7) is 4.41.